The molecular weight excluding hydrogens is 348 g/mol. The first-order valence-corrected chi connectivity index (χ1v) is 10.0. The summed E-state index contributed by atoms with van der Waals surface area (Å²) in [7, 11) is 0. The Bertz CT molecular complexity index is 832. The van der Waals surface area contributed by atoms with Crippen LogP contribution in [0.15, 0.2) is 48.5 Å². The van der Waals surface area contributed by atoms with Crippen LogP contribution in [0.3, 0.4) is 0 Å². The summed E-state index contributed by atoms with van der Waals surface area (Å²) in [5, 5.41) is 3.07. The maximum Gasteiger partial charge on any atom is 0.251 e. The summed E-state index contributed by atoms with van der Waals surface area (Å²) in [5.74, 6) is 0.129. The van der Waals surface area contributed by atoms with Gasteiger partial charge in [0.1, 0.15) is 0 Å². The van der Waals surface area contributed by atoms with Gasteiger partial charge in [-0.3, -0.25) is 9.59 Å². The minimum atomic E-state index is -0.0869. The van der Waals surface area contributed by atoms with Crippen molar-refractivity contribution in [2.75, 3.05) is 6.54 Å². The molecule has 0 radical (unpaired) electrons. The Morgan fingerprint density at radius 2 is 1.71 bits per heavy atom. The fourth-order valence-corrected chi connectivity index (χ4v) is 3.49. The van der Waals surface area contributed by atoms with Gasteiger partial charge in [-0.1, -0.05) is 57.2 Å². The smallest absolute Gasteiger partial charge is 0.251 e. The van der Waals surface area contributed by atoms with Crippen LogP contribution in [0, 0.1) is 0 Å². The second-order valence-corrected chi connectivity index (χ2v) is 8.68. The Labute approximate surface area is 167 Å². The molecule has 1 atom stereocenters. The number of carbonyl (C=O) groups excluding carboxylic acids is 2. The van der Waals surface area contributed by atoms with Crippen molar-refractivity contribution in [3.63, 3.8) is 0 Å². The van der Waals surface area contributed by atoms with E-state index in [0.717, 1.165) is 24.1 Å². The van der Waals surface area contributed by atoms with Crippen LogP contribution >= 0.6 is 0 Å². The van der Waals surface area contributed by atoms with Crippen LogP contribution in [0.1, 0.15) is 73.6 Å². The molecule has 0 bridgehead atoms. The first-order chi connectivity index (χ1) is 13.2. The molecule has 2 aromatic carbocycles. The van der Waals surface area contributed by atoms with Gasteiger partial charge < -0.3 is 10.2 Å². The van der Waals surface area contributed by atoms with Gasteiger partial charge in [0.05, 0.1) is 6.04 Å². The SMILES string of the molecule is CC(NC(=O)c1ccc(CN2CCCC2=O)cc1)c1ccc(C(C)(C)C)cc1. The lowest BCUT2D eigenvalue weighted by molar-refractivity contribution is -0.128. The first-order valence-electron chi connectivity index (χ1n) is 10.0. The van der Waals surface area contributed by atoms with Crippen molar-refractivity contribution in [1.29, 1.82) is 0 Å². The summed E-state index contributed by atoms with van der Waals surface area (Å²) in [5.41, 5.74) is 4.17. The van der Waals surface area contributed by atoms with Crippen molar-refractivity contribution >= 4 is 11.8 Å². The lowest BCUT2D eigenvalue weighted by Crippen LogP contribution is -2.27. The lowest BCUT2D eigenvalue weighted by Gasteiger charge is -2.21. The number of nitrogens with zero attached hydrogens (tertiary/aromatic N) is 1. The van der Waals surface area contributed by atoms with Gasteiger partial charge in [0.15, 0.2) is 0 Å². The van der Waals surface area contributed by atoms with Crippen molar-refractivity contribution < 1.29 is 9.59 Å². The summed E-state index contributed by atoms with van der Waals surface area (Å²) in [6.07, 6.45) is 1.59. The molecule has 0 aliphatic carbocycles. The van der Waals surface area contributed by atoms with Crippen LogP contribution < -0.4 is 5.32 Å². The normalized spacial score (nSPS) is 15.6. The number of hydrogen-bond donors (Lipinski definition) is 1. The molecule has 4 heteroatoms. The average Bonchev–Trinajstić information content (AvgIpc) is 3.06. The van der Waals surface area contributed by atoms with Gasteiger partial charge in [-0.15, -0.1) is 0 Å². The monoisotopic (exact) mass is 378 g/mol. The third kappa shape index (κ3) is 4.80. The number of nitrogens with one attached hydrogen (secondary N) is 1. The highest BCUT2D eigenvalue weighted by Gasteiger charge is 2.20. The van der Waals surface area contributed by atoms with Crippen molar-refractivity contribution in [3.8, 4) is 0 Å². The highest BCUT2D eigenvalue weighted by molar-refractivity contribution is 5.94. The highest BCUT2D eigenvalue weighted by atomic mass is 16.2. The van der Waals surface area contributed by atoms with Crippen LogP contribution in [0.2, 0.25) is 0 Å². The molecule has 1 aliphatic heterocycles. The van der Waals surface area contributed by atoms with E-state index in [1.807, 2.05) is 36.1 Å². The molecule has 1 unspecified atom stereocenters. The van der Waals surface area contributed by atoms with E-state index in [9.17, 15) is 9.59 Å². The molecule has 0 aromatic heterocycles. The molecule has 1 heterocycles. The van der Waals surface area contributed by atoms with Crippen LogP contribution in [0.5, 0.6) is 0 Å². The zero-order chi connectivity index (χ0) is 20.3. The molecule has 1 fully saturated rings. The van der Waals surface area contributed by atoms with Gasteiger partial charge in [-0.05, 0) is 47.6 Å². The number of likely N-dealkylation sites (tertiary alicyclic amines) is 1. The molecular formula is C24H30N2O2. The van der Waals surface area contributed by atoms with Crippen LogP contribution in [0.4, 0.5) is 0 Å². The zero-order valence-electron chi connectivity index (χ0n) is 17.3. The fraction of sp³-hybridized carbons (Fsp3) is 0.417. The second-order valence-electron chi connectivity index (χ2n) is 8.68. The Balaban J connectivity index is 1.60. The largest absolute Gasteiger partial charge is 0.346 e. The maximum absolute atomic E-state index is 12.6. The molecule has 0 spiro atoms. The van der Waals surface area contributed by atoms with Crippen LogP contribution in [-0.2, 0) is 16.8 Å². The summed E-state index contributed by atoms with van der Waals surface area (Å²) < 4.78 is 0. The average molecular weight is 379 g/mol. The Morgan fingerprint density at radius 3 is 2.25 bits per heavy atom. The Morgan fingerprint density at radius 1 is 1.07 bits per heavy atom. The standard InChI is InChI=1S/C24H30N2O2/c1-17(19-11-13-21(14-12-19)24(2,3)4)25-23(28)20-9-7-18(8-10-20)16-26-15-5-6-22(26)27/h7-14,17H,5-6,15-16H2,1-4H3,(H,25,28). The topological polar surface area (TPSA) is 49.4 Å². The molecule has 2 aromatic rings. The lowest BCUT2D eigenvalue weighted by atomic mass is 9.86. The van der Waals surface area contributed by atoms with E-state index >= 15 is 0 Å². The van der Waals surface area contributed by atoms with E-state index in [2.05, 4.69) is 50.4 Å². The predicted octanol–water partition coefficient (Wildman–Crippen LogP) is 4.60. The minimum Gasteiger partial charge on any atom is -0.346 e. The van der Waals surface area contributed by atoms with Gasteiger partial charge in [-0.25, -0.2) is 0 Å². The third-order valence-electron chi connectivity index (χ3n) is 5.39. The first kappa shape index (κ1) is 20.1. The minimum absolute atomic E-state index is 0.0663. The van der Waals surface area contributed by atoms with E-state index in [1.54, 1.807) is 0 Å². The summed E-state index contributed by atoms with van der Waals surface area (Å²) in [6.45, 7) is 10.0. The van der Waals surface area contributed by atoms with Crippen molar-refractivity contribution in [1.82, 2.24) is 10.2 Å². The third-order valence-corrected chi connectivity index (χ3v) is 5.39. The maximum atomic E-state index is 12.6. The highest BCUT2D eigenvalue weighted by Crippen LogP contribution is 2.24. The Hall–Kier alpha value is -2.62. The number of hydrogen-bond acceptors (Lipinski definition) is 2. The zero-order valence-corrected chi connectivity index (χ0v) is 17.3. The van der Waals surface area contributed by atoms with Gasteiger partial charge in [0, 0.05) is 25.1 Å². The molecule has 28 heavy (non-hydrogen) atoms. The summed E-state index contributed by atoms with van der Waals surface area (Å²) in [6, 6.07) is 15.9. The van der Waals surface area contributed by atoms with Crippen LogP contribution in [0.25, 0.3) is 0 Å². The van der Waals surface area contributed by atoms with Gasteiger partial charge in [0.2, 0.25) is 5.91 Å². The molecule has 0 saturated carbocycles. The van der Waals surface area contributed by atoms with Crippen molar-refractivity contribution in [2.24, 2.45) is 0 Å². The van der Waals surface area contributed by atoms with Crippen molar-refractivity contribution in [2.45, 2.75) is 58.5 Å². The molecule has 1 N–H and O–H groups in total. The van der Waals surface area contributed by atoms with E-state index in [0.29, 0.717) is 18.5 Å². The number of carbonyl (C=O) groups is 2. The number of rotatable bonds is 5. The predicted molar refractivity (Wildman–Crippen MR) is 112 cm³/mol. The number of amides is 2. The molecule has 3 rings (SSSR count). The molecule has 148 valence electrons. The summed E-state index contributed by atoms with van der Waals surface area (Å²) in [4.78, 5) is 26.2. The Kier molecular flexibility index (Phi) is 5.87. The van der Waals surface area contributed by atoms with Crippen molar-refractivity contribution in [3.05, 3.63) is 70.8 Å². The molecule has 2 amide bonds. The van der Waals surface area contributed by atoms with Gasteiger partial charge >= 0.3 is 0 Å². The van der Waals surface area contributed by atoms with Gasteiger partial charge in [0.25, 0.3) is 5.91 Å². The fourth-order valence-electron chi connectivity index (χ4n) is 3.49. The van der Waals surface area contributed by atoms with E-state index < -0.39 is 0 Å². The summed E-state index contributed by atoms with van der Waals surface area (Å²) >= 11 is 0. The molecule has 1 aliphatic rings. The quantitative estimate of drug-likeness (QED) is 0.827. The van der Waals surface area contributed by atoms with E-state index in [4.69, 9.17) is 0 Å². The molecule has 4 nitrogen and oxygen atoms in total. The number of benzene rings is 2. The van der Waals surface area contributed by atoms with Crippen LogP contribution in [-0.4, -0.2) is 23.3 Å². The second kappa shape index (κ2) is 8.17. The molecule has 1 saturated heterocycles. The van der Waals surface area contributed by atoms with Gasteiger partial charge in [-0.2, -0.15) is 0 Å². The van der Waals surface area contributed by atoms with E-state index in [1.165, 1.54) is 5.56 Å². The van der Waals surface area contributed by atoms with E-state index in [-0.39, 0.29) is 23.3 Å².